The number of halogens is 1. The molecule has 0 N–H and O–H groups in total. The Hall–Kier alpha value is -3.77. The molecule has 0 spiro atoms. The Labute approximate surface area is 190 Å². The van der Waals surface area contributed by atoms with Gasteiger partial charge in [-0.05, 0) is 48.5 Å². The number of esters is 1. The molecular formula is C25H20ClNO5. The highest BCUT2D eigenvalue weighted by atomic mass is 35.5. The number of hydrogen-bond donors (Lipinski definition) is 0. The van der Waals surface area contributed by atoms with Crippen molar-refractivity contribution in [3.8, 4) is 17.2 Å². The van der Waals surface area contributed by atoms with Gasteiger partial charge in [-0.15, -0.1) is 0 Å². The van der Waals surface area contributed by atoms with E-state index >= 15 is 0 Å². The first-order valence-electron chi connectivity index (χ1n) is 9.90. The minimum Gasteiger partial charge on any atom is -0.493 e. The lowest BCUT2D eigenvalue weighted by molar-refractivity contribution is -0.129. The summed E-state index contributed by atoms with van der Waals surface area (Å²) in [5, 5.41) is 0.507. The van der Waals surface area contributed by atoms with Gasteiger partial charge in [0.2, 0.25) is 5.90 Å². The van der Waals surface area contributed by atoms with E-state index in [1.165, 1.54) is 0 Å². The van der Waals surface area contributed by atoms with Crippen molar-refractivity contribution in [3.63, 3.8) is 0 Å². The summed E-state index contributed by atoms with van der Waals surface area (Å²) in [5.41, 5.74) is 1.50. The monoisotopic (exact) mass is 449 g/mol. The molecule has 0 saturated carbocycles. The number of para-hydroxylation sites is 2. The molecule has 0 bridgehead atoms. The summed E-state index contributed by atoms with van der Waals surface area (Å²) in [6.45, 7) is 0.580. The number of rotatable bonds is 8. The Morgan fingerprint density at radius 1 is 0.906 bits per heavy atom. The summed E-state index contributed by atoms with van der Waals surface area (Å²) in [7, 11) is 1.59. The molecule has 6 nitrogen and oxygen atoms in total. The zero-order valence-electron chi connectivity index (χ0n) is 17.3. The van der Waals surface area contributed by atoms with Crippen LogP contribution < -0.4 is 14.2 Å². The first-order chi connectivity index (χ1) is 15.6. The summed E-state index contributed by atoms with van der Waals surface area (Å²) in [6, 6.07) is 21.8. The molecule has 0 atom stereocenters. The van der Waals surface area contributed by atoms with Crippen LogP contribution in [0.4, 0.5) is 0 Å². The van der Waals surface area contributed by atoms with Crippen molar-refractivity contribution in [3.05, 3.63) is 94.6 Å². The number of carbonyl (C=O) groups is 1. The SMILES string of the molecule is COc1ccccc1OCCOc1ccc(Cl)cc1C=C1N=C(c2ccccc2)OC1=O. The molecule has 32 heavy (non-hydrogen) atoms. The van der Waals surface area contributed by atoms with E-state index in [0.717, 1.165) is 5.56 Å². The van der Waals surface area contributed by atoms with Crippen LogP contribution in [0.1, 0.15) is 11.1 Å². The molecule has 0 radical (unpaired) electrons. The van der Waals surface area contributed by atoms with Gasteiger partial charge in [-0.25, -0.2) is 9.79 Å². The van der Waals surface area contributed by atoms with Crippen molar-refractivity contribution in [2.24, 2.45) is 4.99 Å². The van der Waals surface area contributed by atoms with Crippen LogP contribution in [0.15, 0.2) is 83.5 Å². The number of nitrogens with zero attached hydrogens (tertiary/aromatic N) is 1. The lowest BCUT2D eigenvalue weighted by Gasteiger charge is -2.12. The second-order valence-electron chi connectivity index (χ2n) is 6.73. The molecule has 7 heteroatoms. The molecule has 1 heterocycles. The molecule has 1 aliphatic heterocycles. The maximum absolute atomic E-state index is 12.3. The van der Waals surface area contributed by atoms with Crippen molar-refractivity contribution in [2.75, 3.05) is 20.3 Å². The van der Waals surface area contributed by atoms with Crippen molar-refractivity contribution in [1.82, 2.24) is 0 Å². The maximum atomic E-state index is 12.3. The minimum absolute atomic E-state index is 0.168. The molecule has 3 aromatic carbocycles. The van der Waals surface area contributed by atoms with Crippen LogP contribution in [0.3, 0.4) is 0 Å². The third-order valence-electron chi connectivity index (χ3n) is 4.57. The van der Waals surface area contributed by atoms with Crippen LogP contribution in [0.2, 0.25) is 5.02 Å². The van der Waals surface area contributed by atoms with Gasteiger partial charge >= 0.3 is 5.97 Å². The second kappa shape index (κ2) is 10.0. The Kier molecular flexibility index (Phi) is 6.72. The number of hydrogen-bond acceptors (Lipinski definition) is 6. The third-order valence-corrected chi connectivity index (χ3v) is 4.81. The van der Waals surface area contributed by atoms with E-state index in [2.05, 4.69) is 4.99 Å². The Balaban J connectivity index is 1.47. The molecule has 0 saturated heterocycles. The zero-order valence-corrected chi connectivity index (χ0v) is 18.0. The van der Waals surface area contributed by atoms with E-state index in [1.807, 2.05) is 54.6 Å². The standard InChI is InChI=1S/C25H20ClNO5/c1-29-22-9-5-6-10-23(22)31-14-13-30-21-12-11-19(26)15-18(21)16-20-25(28)32-24(27-20)17-7-3-2-4-8-17/h2-12,15-16H,13-14H2,1H3. The maximum Gasteiger partial charge on any atom is 0.363 e. The van der Waals surface area contributed by atoms with Crippen molar-refractivity contribution >= 4 is 29.5 Å². The normalized spacial score (nSPS) is 14.1. The van der Waals surface area contributed by atoms with Crippen LogP contribution in [0.5, 0.6) is 17.2 Å². The Bertz CT molecular complexity index is 1170. The summed E-state index contributed by atoms with van der Waals surface area (Å²) in [6.07, 6.45) is 1.60. The molecule has 162 valence electrons. The number of cyclic esters (lactones) is 1. The topological polar surface area (TPSA) is 66.3 Å². The van der Waals surface area contributed by atoms with Gasteiger partial charge in [0.05, 0.1) is 7.11 Å². The van der Waals surface area contributed by atoms with Gasteiger partial charge in [0, 0.05) is 16.1 Å². The van der Waals surface area contributed by atoms with Crippen LogP contribution in [0.25, 0.3) is 6.08 Å². The number of benzene rings is 3. The highest BCUT2D eigenvalue weighted by Crippen LogP contribution is 2.28. The number of ether oxygens (including phenoxy) is 4. The molecule has 0 amide bonds. The summed E-state index contributed by atoms with van der Waals surface area (Å²) >= 11 is 6.16. The van der Waals surface area contributed by atoms with Gasteiger partial charge < -0.3 is 18.9 Å². The fourth-order valence-electron chi connectivity index (χ4n) is 3.07. The highest BCUT2D eigenvalue weighted by molar-refractivity contribution is 6.30. The Morgan fingerprint density at radius 3 is 2.34 bits per heavy atom. The Morgan fingerprint density at radius 2 is 1.59 bits per heavy atom. The van der Waals surface area contributed by atoms with Crippen LogP contribution >= 0.6 is 11.6 Å². The fraction of sp³-hybridized carbons (Fsp3) is 0.120. The quantitative estimate of drug-likeness (QED) is 0.270. The highest BCUT2D eigenvalue weighted by Gasteiger charge is 2.24. The summed E-state index contributed by atoms with van der Waals surface area (Å²) < 4.78 is 22.2. The van der Waals surface area contributed by atoms with Crippen LogP contribution in [-0.4, -0.2) is 32.2 Å². The van der Waals surface area contributed by atoms with E-state index in [-0.39, 0.29) is 18.2 Å². The molecule has 4 rings (SSSR count). The second-order valence-corrected chi connectivity index (χ2v) is 7.17. The summed E-state index contributed by atoms with van der Waals surface area (Å²) in [5.74, 6) is 1.55. The average molecular weight is 450 g/mol. The zero-order chi connectivity index (χ0) is 22.3. The van der Waals surface area contributed by atoms with Crippen molar-refractivity contribution in [2.45, 2.75) is 0 Å². The van der Waals surface area contributed by atoms with Crippen molar-refractivity contribution < 1.29 is 23.7 Å². The lowest BCUT2D eigenvalue weighted by atomic mass is 10.1. The lowest BCUT2D eigenvalue weighted by Crippen LogP contribution is -2.10. The van der Waals surface area contributed by atoms with Gasteiger partial charge in [0.1, 0.15) is 19.0 Å². The van der Waals surface area contributed by atoms with Gasteiger partial charge in [-0.1, -0.05) is 41.9 Å². The molecule has 0 unspecified atom stereocenters. The largest absolute Gasteiger partial charge is 0.493 e. The third kappa shape index (κ3) is 5.10. The fourth-order valence-corrected chi connectivity index (χ4v) is 3.25. The molecular weight excluding hydrogens is 430 g/mol. The van der Waals surface area contributed by atoms with E-state index in [4.69, 9.17) is 30.5 Å². The van der Waals surface area contributed by atoms with Crippen LogP contribution in [-0.2, 0) is 9.53 Å². The van der Waals surface area contributed by atoms with Gasteiger partial charge in [0.25, 0.3) is 0 Å². The molecule has 0 fully saturated rings. The van der Waals surface area contributed by atoms with E-state index in [9.17, 15) is 4.79 Å². The van der Waals surface area contributed by atoms with Gasteiger partial charge in [-0.2, -0.15) is 0 Å². The molecule has 3 aromatic rings. The van der Waals surface area contributed by atoms with Gasteiger partial charge in [-0.3, -0.25) is 0 Å². The minimum atomic E-state index is -0.533. The molecule has 0 aliphatic carbocycles. The van der Waals surface area contributed by atoms with E-state index in [0.29, 0.717) is 34.4 Å². The molecule has 1 aliphatic rings. The summed E-state index contributed by atoms with van der Waals surface area (Å²) in [4.78, 5) is 16.7. The molecule has 0 aromatic heterocycles. The van der Waals surface area contributed by atoms with Crippen molar-refractivity contribution in [1.29, 1.82) is 0 Å². The van der Waals surface area contributed by atoms with E-state index < -0.39 is 5.97 Å². The van der Waals surface area contributed by atoms with E-state index in [1.54, 1.807) is 31.4 Å². The van der Waals surface area contributed by atoms with Crippen LogP contribution in [0, 0.1) is 0 Å². The number of aliphatic imine (C=N–C) groups is 1. The first-order valence-corrected chi connectivity index (χ1v) is 10.3. The number of methoxy groups -OCH3 is 1. The smallest absolute Gasteiger partial charge is 0.363 e. The predicted molar refractivity (Wildman–Crippen MR) is 122 cm³/mol. The van der Waals surface area contributed by atoms with Gasteiger partial charge in [0.15, 0.2) is 17.2 Å². The number of carbonyl (C=O) groups excluding carboxylic acids is 1. The predicted octanol–water partition coefficient (Wildman–Crippen LogP) is 5.15. The first kappa shape index (κ1) is 21.5. The average Bonchev–Trinajstić information content (AvgIpc) is 3.19.